The van der Waals surface area contributed by atoms with Gasteiger partial charge in [0.2, 0.25) is 0 Å². The van der Waals surface area contributed by atoms with Gasteiger partial charge in [0.05, 0.1) is 0 Å². The lowest BCUT2D eigenvalue weighted by molar-refractivity contribution is 0.312. The Morgan fingerprint density at radius 2 is 2.20 bits per heavy atom. The molecule has 0 bridgehead atoms. The molecule has 1 unspecified atom stereocenters. The summed E-state index contributed by atoms with van der Waals surface area (Å²) in [4.78, 5) is 0. The summed E-state index contributed by atoms with van der Waals surface area (Å²) in [5.41, 5.74) is -0.769. The number of aliphatic hydroxyl groups is 1. The average molecular weight is 89.1 g/mol. The predicted molar refractivity (Wildman–Crippen MR) is 23.8 cm³/mol. The molecule has 0 aliphatic heterocycles. The first-order valence-corrected chi connectivity index (χ1v) is 1.71. The Bertz CT molecular complexity index is 33.9. The van der Waals surface area contributed by atoms with Gasteiger partial charge in [-0.1, -0.05) is 25.3 Å². The molecule has 0 aliphatic carbocycles. The molecule has 0 aromatic heterocycles. The molecule has 0 aromatic rings. The fraction of sp³-hybridized carbons (Fsp3) is 0.333. The van der Waals surface area contributed by atoms with E-state index in [1.54, 1.807) is 0 Å². The van der Waals surface area contributed by atoms with Crippen molar-refractivity contribution in [3.8, 4) is 0 Å². The fourth-order valence-corrected chi connectivity index (χ4v) is 0. The standard InChI is InChI=1S/C3H5OS/c1-2-3(4)5/h2-4H,1H2. The van der Waals surface area contributed by atoms with E-state index in [0.29, 0.717) is 0 Å². The van der Waals surface area contributed by atoms with E-state index in [9.17, 15) is 0 Å². The molecule has 5 heavy (non-hydrogen) atoms. The Labute approximate surface area is 36.7 Å². The summed E-state index contributed by atoms with van der Waals surface area (Å²) in [6.45, 7) is 3.21. The number of rotatable bonds is 1. The van der Waals surface area contributed by atoms with Crippen LogP contribution in [0.2, 0.25) is 0 Å². The summed E-state index contributed by atoms with van der Waals surface area (Å²) in [7, 11) is 0. The van der Waals surface area contributed by atoms with Crippen molar-refractivity contribution in [2.24, 2.45) is 0 Å². The van der Waals surface area contributed by atoms with Crippen LogP contribution in [0.4, 0.5) is 0 Å². The van der Waals surface area contributed by atoms with Crippen LogP contribution < -0.4 is 0 Å². The van der Waals surface area contributed by atoms with Crippen molar-refractivity contribution in [3.05, 3.63) is 12.7 Å². The van der Waals surface area contributed by atoms with E-state index in [-0.39, 0.29) is 0 Å². The third-order valence-electron chi connectivity index (χ3n) is 0.202. The normalized spacial score (nSPS) is 14.0. The summed E-state index contributed by atoms with van der Waals surface area (Å²) in [5, 5.41) is 8.06. The molecule has 0 saturated carbocycles. The molecule has 0 spiro atoms. The highest BCUT2D eigenvalue weighted by atomic mass is 32.1. The van der Waals surface area contributed by atoms with Gasteiger partial charge in [-0.3, -0.25) is 0 Å². The quantitative estimate of drug-likeness (QED) is 0.468. The smallest absolute Gasteiger partial charge is 0.128 e. The van der Waals surface area contributed by atoms with Gasteiger partial charge in [0.1, 0.15) is 5.44 Å². The maximum absolute atomic E-state index is 8.06. The Kier molecular flexibility index (Phi) is 2.32. The highest BCUT2D eigenvalue weighted by molar-refractivity contribution is 7.80. The Balaban J connectivity index is 2.83. The maximum Gasteiger partial charge on any atom is 0.128 e. The van der Waals surface area contributed by atoms with E-state index in [2.05, 4.69) is 19.2 Å². The van der Waals surface area contributed by atoms with E-state index < -0.39 is 5.44 Å². The second-order valence-electron chi connectivity index (χ2n) is 0.626. The van der Waals surface area contributed by atoms with Gasteiger partial charge in [0.25, 0.3) is 0 Å². The van der Waals surface area contributed by atoms with Crippen LogP contribution in [0.25, 0.3) is 0 Å². The Morgan fingerprint density at radius 1 is 2.00 bits per heavy atom. The molecule has 29 valence electrons. The molecule has 1 N–H and O–H groups in total. The minimum atomic E-state index is -0.769. The molecule has 0 saturated heterocycles. The fourth-order valence-electron chi connectivity index (χ4n) is 0. The molecule has 0 aliphatic rings. The minimum Gasteiger partial charge on any atom is -0.378 e. The van der Waals surface area contributed by atoms with E-state index in [0.717, 1.165) is 0 Å². The first-order valence-electron chi connectivity index (χ1n) is 1.24. The Morgan fingerprint density at radius 3 is 2.20 bits per heavy atom. The van der Waals surface area contributed by atoms with Crippen molar-refractivity contribution in [2.45, 2.75) is 5.44 Å². The van der Waals surface area contributed by atoms with Crippen molar-refractivity contribution < 1.29 is 5.11 Å². The first kappa shape index (κ1) is 5.05. The highest BCUT2D eigenvalue weighted by Crippen LogP contribution is 1.84. The number of aliphatic hydroxyl groups excluding tert-OH is 1. The molecule has 1 nitrogen and oxygen atoms in total. The summed E-state index contributed by atoms with van der Waals surface area (Å²) < 4.78 is 0. The van der Waals surface area contributed by atoms with Crippen LogP contribution in [0.5, 0.6) is 0 Å². The van der Waals surface area contributed by atoms with E-state index >= 15 is 0 Å². The van der Waals surface area contributed by atoms with Gasteiger partial charge in [-0.05, 0) is 0 Å². The third-order valence-corrected chi connectivity index (χ3v) is 0.394. The molecule has 0 heterocycles. The van der Waals surface area contributed by atoms with Gasteiger partial charge in [-0.15, -0.1) is 0 Å². The summed E-state index contributed by atoms with van der Waals surface area (Å²) in [6, 6.07) is 0. The SMILES string of the molecule is C=CC(O)[S]. The highest BCUT2D eigenvalue weighted by Gasteiger charge is 1.78. The van der Waals surface area contributed by atoms with Crippen LogP contribution in [0.15, 0.2) is 12.7 Å². The van der Waals surface area contributed by atoms with Gasteiger partial charge in [0, 0.05) is 0 Å². The zero-order valence-corrected chi connectivity index (χ0v) is 3.53. The zero-order valence-electron chi connectivity index (χ0n) is 2.72. The van der Waals surface area contributed by atoms with E-state index in [4.69, 9.17) is 5.11 Å². The van der Waals surface area contributed by atoms with E-state index in [1.165, 1.54) is 6.08 Å². The van der Waals surface area contributed by atoms with Gasteiger partial charge in [-0.25, -0.2) is 0 Å². The summed E-state index contributed by atoms with van der Waals surface area (Å²) in [6.07, 6.45) is 1.29. The van der Waals surface area contributed by atoms with Crippen LogP contribution >= 0.6 is 12.6 Å². The van der Waals surface area contributed by atoms with Crippen molar-refractivity contribution in [1.82, 2.24) is 0 Å². The second kappa shape index (κ2) is 2.30. The van der Waals surface area contributed by atoms with Crippen molar-refractivity contribution in [3.63, 3.8) is 0 Å². The van der Waals surface area contributed by atoms with Crippen LogP contribution in [0, 0.1) is 0 Å². The van der Waals surface area contributed by atoms with Gasteiger partial charge >= 0.3 is 0 Å². The summed E-state index contributed by atoms with van der Waals surface area (Å²) in [5.74, 6) is 0. The molecule has 0 rings (SSSR count). The molecule has 1 atom stereocenters. The second-order valence-corrected chi connectivity index (χ2v) is 1.11. The lowest BCUT2D eigenvalue weighted by atomic mass is 10.7. The van der Waals surface area contributed by atoms with Crippen LogP contribution in [-0.2, 0) is 0 Å². The number of hydrogen-bond acceptors (Lipinski definition) is 1. The summed E-state index contributed by atoms with van der Waals surface area (Å²) >= 11 is 4.22. The van der Waals surface area contributed by atoms with Crippen molar-refractivity contribution in [2.75, 3.05) is 0 Å². The lowest BCUT2D eigenvalue weighted by Crippen LogP contribution is -1.83. The zero-order chi connectivity index (χ0) is 4.28. The molecule has 1 radical (unpaired) electrons. The molecule has 0 fully saturated rings. The van der Waals surface area contributed by atoms with Gasteiger partial charge in [-0.2, -0.15) is 0 Å². The topological polar surface area (TPSA) is 20.2 Å². The third kappa shape index (κ3) is 4.05. The largest absolute Gasteiger partial charge is 0.378 e. The van der Waals surface area contributed by atoms with Crippen molar-refractivity contribution >= 4 is 12.6 Å². The van der Waals surface area contributed by atoms with E-state index in [1.807, 2.05) is 0 Å². The van der Waals surface area contributed by atoms with Crippen LogP contribution in [-0.4, -0.2) is 10.5 Å². The molecular weight excluding hydrogens is 84.1 g/mol. The predicted octanol–water partition coefficient (Wildman–Crippen LogP) is 0.688. The average Bonchev–Trinajstić information content (AvgIpc) is 1.38. The maximum atomic E-state index is 8.06. The van der Waals surface area contributed by atoms with Crippen LogP contribution in [0.1, 0.15) is 0 Å². The minimum absolute atomic E-state index is 0.769. The Hall–Kier alpha value is 0.0500. The van der Waals surface area contributed by atoms with Gasteiger partial charge < -0.3 is 5.11 Å². The first-order chi connectivity index (χ1) is 2.27. The number of hydrogen-bond donors (Lipinski definition) is 1. The molecule has 2 heteroatoms. The molecule has 0 amide bonds. The van der Waals surface area contributed by atoms with Gasteiger partial charge in [0.15, 0.2) is 0 Å². The molecular formula is C3H5OS. The van der Waals surface area contributed by atoms with Crippen molar-refractivity contribution in [1.29, 1.82) is 0 Å². The molecule has 0 aromatic carbocycles. The monoisotopic (exact) mass is 89.0 g/mol. The lowest BCUT2D eigenvalue weighted by Gasteiger charge is -1.81. The van der Waals surface area contributed by atoms with Crippen LogP contribution in [0.3, 0.4) is 0 Å².